The number of rotatable bonds is 45. The molecule has 0 radical (unpaired) electrons. The summed E-state index contributed by atoms with van der Waals surface area (Å²) in [5.41, 5.74) is 0. The largest absolute Gasteiger partial charge is 0.394 e. The minimum atomic E-state index is -1.79. The Hall–Kier alpha value is -1.79. The summed E-state index contributed by atoms with van der Waals surface area (Å²) in [7, 11) is 0. The van der Waals surface area contributed by atoms with Crippen LogP contribution < -0.4 is 5.32 Å². The Kier molecular flexibility index (Phi) is 40.0. The standard InChI is InChI=1S/C57H105NO13/c1-3-5-7-9-11-13-15-17-19-20-21-22-23-24-25-27-28-30-32-34-36-38-40-46(61)45(58-49(62)41-39-37-35-33-31-29-26-18-16-14-12-10-8-6-4-2)44-68-56-54(67)52(65)55(48(43-60)70-56)71-57-53(66)51(64)50(63)47(42-59)69-57/h24-25,30,32,38,40,45-48,50-57,59-61,63-67H,3-23,26-29,31,33-37,39,41-44H2,1-2H3,(H,58,62)/b25-24+,32-30+,40-38+. The molecule has 416 valence electrons. The van der Waals surface area contributed by atoms with Crippen LogP contribution in [-0.4, -0.2) is 140 Å². The van der Waals surface area contributed by atoms with Gasteiger partial charge in [0.2, 0.25) is 5.91 Å². The molecule has 2 aliphatic rings. The van der Waals surface area contributed by atoms with E-state index in [0.29, 0.717) is 12.8 Å². The molecule has 2 saturated heterocycles. The first-order valence-corrected chi connectivity index (χ1v) is 28.7. The van der Waals surface area contributed by atoms with Crippen molar-refractivity contribution in [3.63, 3.8) is 0 Å². The minimum absolute atomic E-state index is 0.252. The van der Waals surface area contributed by atoms with Crippen molar-refractivity contribution in [3.05, 3.63) is 36.5 Å². The first-order chi connectivity index (χ1) is 34.6. The zero-order valence-electron chi connectivity index (χ0n) is 44.5. The Morgan fingerprint density at radius 2 is 0.901 bits per heavy atom. The van der Waals surface area contributed by atoms with Gasteiger partial charge in [-0.2, -0.15) is 0 Å². The number of carbonyl (C=O) groups excluding carboxylic acids is 1. The van der Waals surface area contributed by atoms with E-state index in [4.69, 9.17) is 18.9 Å². The predicted octanol–water partition coefficient (Wildman–Crippen LogP) is 9.05. The number of nitrogens with one attached hydrogen (secondary N) is 1. The quantitative estimate of drug-likeness (QED) is 0.0205. The van der Waals surface area contributed by atoms with Gasteiger partial charge in [-0.3, -0.25) is 4.79 Å². The lowest BCUT2D eigenvalue weighted by Crippen LogP contribution is -2.65. The predicted molar refractivity (Wildman–Crippen MR) is 281 cm³/mol. The molecule has 12 atom stereocenters. The summed E-state index contributed by atoms with van der Waals surface area (Å²) in [6.45, 7) is 2.78. The van der Waals surface area contributed by atoms with Gasteiger partial charge in [0.25, 0.3) is 0 Å². The van der Waals surface area contributed by atoms with Gasteiger partial charge in [-0.1, -0.05) is 211 Å². The summed E-state index contributed by atoms with van der Waals surface area (Å²) in [5.74, 6) is -0.252. The van der Waals surface area contributed by atoms with Crippen molar-refractivity contribution in [3.8, 4) is 0 Å². The summed E-state index contributed by atoms with van der Waals surface area (Å²) >= 11 is 0. The van der Waals surface area contributed by atoms with Crippen molar-refractivity contribution >= 4 is 5.91 Å². The van der Waals surface area contributed by atoms with Gasteiger partial charge in [-0.15, -0.1) is 0 Å². The Morgan fingerprint density at radius 1 is 0.493 bits per heavy atom. The van der Waals surface area contributed by atoms with Gasteiger partial charge in [-0.05, 0) is 44.9 Å². The van der Waals surface area contributed by atoms with Crippen molar-refractivity contribution in [2.45, 2.75) is 299 Å². The summed E-state index contributed by atoms with van der Waals surface area (Å²) < 4.78 is 22.7. The second-order valence-corrected chi connectivity index (χ2v) is 20.4. The van der Waals surface area contributed by atoms with Crippen molar-refractivity contribution in [2.24, 2.45) is 0 Å². The number of carbonyl (C=O) groups is 1. The number of hydrogen-bond acceptors (Lipinski definition) is 13. The molecule has 2 heterocycles. The number of aliphatic hydroxyl groups excluding tert-OH is 8. The monoisotopic (exact) mass is 1010 g/mol. The van der Waals surface area contributed by atoms with E-state index in [0.717, 1.165) is 44.9 Å². The molecule has 0 bridgehead atoms. The lowest BCUT2D eigenvalue weighted by Gasteiger charge is -2.46. The molecule has 0 saturated carbocycles. The molecule has 0 aromatic heterocycles. The Morgan fingerprint density at radius 3 is 1.38 bits per heavy atom. The van der Waals surface area contributed by atoms with Crippen LogP contribution in [0.4, 0.5) is 0 Å². The third kappa shape index (κ3) is 29.8. The molecule has 71 heavy (non-hydrogen) atoms. The van der Waals surface area contributed by atoms with Crippen LogP contribution in [-0.2, 0) is 23.7 Å². The van der Waals surface area contributed by atoms with Crippen LogP contribution in [0.5, 0.6) is 0 Å². The van der Waals surface area contributed by atoms with E-state index >= 15 is 0 Å². The van der Waals surface area contributed by atoms with Gasteiger partial charge in [0, 0.05) is 6.42 Å². The molecular formula is C57H105NO13. The summed E-state index contributed by atoms with van der Waals surface area (Å²) in [6.07, 6.45) is 34.7. The van der Waals surface area contributed by atoms with E-state index in [1.807, 2.05) is 6.08 Å². The molecule has 12 unspecified atom stereocenters. The van der Waals surface area contributed by atoms with Crippen molar-refractivity contribution in [1.29, 1.82) is 0 Å². The molecule has 0 aliphatic carbocycles. The molecule has 2 rings (SSSR count). The van der Waals surface area contributed by atoms with E-state index in [-0.39, 0.29) is 18.9 Å². The average Bonchev–Trinajstić information content (AvgIpc) is 3.37. The number of allylic oxidation sites excluding steroid dienone is 5. The molecule has 2 fully saturated rings. The molecule has 14 heteroatoms. The molecule has 1 amide bonds. The number of hydrogen-bond donors (Lipinski definition) is 9. The van der Waals surface area contributed by atoms with Gasteiger partial charge in [0.1, 0.15) is 48.8 Å². The molecule has 14 nitrogen and oxygen atoms in total. The van der Waals surface area contributed by atoms with E-state index in [1.165, 1.54) is 148 Å². The van der Waals surface area contributed by atoms with Gasteiger partial charge < -0.3 is 65.1 Å². The molecular weight excluding hydrogens is 907 g/mol. The minimum Gasteiger partial charge on any atom is -0.394 e. The Balaban J connectivity index is 1.81. The molecule has 0 spiro atoms. The number of unbranched alkanes of at least 4 members (excludes halogenated alkanes) is 28. The fourth-order valence-corrected chi connectivity index (χ4v) is 9.38. The zero-order valence-corrected chi connectivity index (χ0v) is 44.5. The second kappa shape index (κ2) is 43.4. The molecule has 0 aromatic rings. The highest BCUT2D eigenvalue weighted by molar-refractivity contribution is 5.76. The highest BCUT2D eigenvalue weighted by Crippen LogP contribution is 2.30. The van der Waals surface area contributed by atoms with Crippen molar-refractivity contribution in [1.82, 2.24) is 5.32 Å². The van der Waals surface area contributed by atoms with Gasteiger partial charge >= 0.3 is 0 Å². The van der Waals surface area contributed by atoms with Crippen molar-refractivity contribution in [2.75, 3.05) is 19.8 Å². The van der Waals surface area contributed by atoms with E-state index in [9.17, 15) is 45.6 Å². The van der Waals surface area contributed by atoms with Crippen LogP contribution in [0.25, 0.3) is 0 Å². The lowest BCUT2D eigenvalue weighted by atomic mass is 9.97. The topological polar surface area (TPSA) is 228 Å². The normalized spacial score (nSPS) is 26.0. The highest BCUT2D eigenvalue weighted by Gasteiger charge is 2.51. The van der Waals surface area contributed by atoms with E-state index < -0.39 is 86.8 Å². The van der Waals surface area contributed by atoms with Crippen LogP contribution in [0.3, 0.4) is 0 Å². The first kappa shape index (κ1) is 65.3. The van der Waals surface area contributed by atoms with Crippen LogP contribution in [0, 0.1) is 0 Å². The highest BCUT2D eigenvalue weighted by atomic mass is 16.7. The lowest BCUT2D eigenvalue weighted by molar-refractivity contribution is -0.359. The van der Waals surface area contributed by atoms with Gasteiger partial charge in [0.05, 0.1) is 32.0 Å². The fourth-order valence-electron chi connectivity index (χ4n) is 9.38. The maximum Gasteiger partial charge on any atom is 0.220 e. The maximum absolute atomic E-state index is 13.2. The SMILES string of the molecule is CCCCCCCCCCCCCC/C=C/CC/C=C/CC/C=C/C(O)C(COC1OC(CO)C(OC2OC(CO)C(O)C(O)C2O)C(O)C1O)NC(=O)CCCCCCCCCCCCCCCCC. The molecule has 2 aliphatic heterocycles. The molecule has 0 aromatic carbocycles. The van der Waals surface area contributed by atoms with Crippen molar-refractivity contribution < 1.29 is 64.6 Å². The zero-order chi connectivity index (χ0) is 51.7. The number of aliphatic hydroxyl groups is 8. The van der Waals surface area contributed by atoms with Crippen LogP contribution >= 0.6 is 0 Å². The maximum atomic E-state index is 13.2. The average molecular weight is 1010 g/mol. The van der Waals surface area contributed by atoms with Crippen LogP contribution in [0.15, 0.2) is 36.5 Å². The van der Waals surface area contributed by atoms with E-state index in [2.05, 4.69) is 43.5 Å². The summed E-state index contributed by atoms with van der Waals surface area (Å²) in [5, 5.41) is 86.9. The number of ether oxygens (including phenoxy) is 4. The van der Waals surface area contributed by atoms with Gasteiger partial charge in [-0.25, -0.2) is 0 Å². The summed E-state index contributed by atoms with van der Waals surface area (Å²) in [6, 6.07) is -0.934. The van der Waals surface area contributed by atoms with Crippen LogP contribution in [0.1, 0.15) is 226 Å². The number of amides is 1. The Labute approximate surface area is 430 Å². The third-order valence-corrected chi connectivity index (χ3v) is 14.1. The van der Waals surface area contributed by atoms with E-state index in [1.54, 1.807) is 6.08 Å². The second-order valence-electron chi connectivity index (χ2n) is 20.4. The summed E-state index contributed by atoms with van der Waals surface area (Å²) in [4.78, 5) is 13.2. The Bertz CT molecular complexity index is 1330. The first-order valence-electron chi connectivity index (χ1n) is 28.7. The smallest absolute Gasteiger partial charge is 0.220 e. The third-order valence-electron chi connectivity index (χ3n) is 14.1. The fraction of sp³-hybridized carbons (Fsp3) is 0.877. The van der Waals surface area contributed by atoms with Crippen LogP contribution in [0.2, 0.25) is 0 Å². The van der Waals surface area contributed by atoms with Gasteiger partial charge in [0.15, 0.2) is 12.6 Å². The molecule has 9 N–H and O–H groups in total.